The highest BCUT2D eigenvalue weighted by molar-refractivity contribution is 5.80. The Balaban J connectivity index is 3.35. The van der Waals surface area contributed by atoms with E-state index in [1.54, 1.807) is 7.05 Å². The molecule has 4 nitrogen and oxygen atoms in total. The molecule has 0 saturated heterocycles. The summed E-state index contributed by atoms with van der Waals surface area (Å²) in [6, 6.07) is 0. The molecule has 0 saturated carbocycles. The van der Waals surface area contributed by atoms with Crippen LogP contribution >= 0.6 is 0 Å². The summed E-state index contributed by atoms with van der Waals surface area (Å²) in [5.41, 5.74) is 0. The molecule has 1 N–H and O–H groups in total. The average molecular weight is 352 g/mol. The quantitative estimate of drug-likeness (QED) is 0.333. The second-order valence-electron chi connectivity index (χ2n) is 6.78. The van der Waals surface area contributed by atoms with Crippen LogP contribution in [-0.2, 0) is 9.59 Å². The van der Waals surface area contributed by atoms with Gasteiger partial charge in [-0.1, -0.05) is 58.3 Å². The summed E-state index contributed by atoms with van der Waals surface area (Å²) >= 11 is 0. The van der Waals surface area contributed by atoms with Crippen LogP contribution in [0.25, 0.3) is 0 Å². The molecule has 0 spiro atoms. The van der Waals surface area contributed by atoms with Gasteiger partial charge in [0.2, 0.25) is 5.91 Å². The zero-order valence-electron chi connectivity index (χ0n) is 16.3. The Hall–Kier alpha value is -1.50. The first-order valence-electron chi connectivity index (χ1n) is 9.99. The maximum Gasteiger partial charge on any atom is 0.323 e. The van der Waals surface area contributed by atoms with Crippen molar-refractivity contribution in [2.45, 2.75) is 96.8 Å². The van der Waals surface area contributed by atoms with E-state index in [0.717, 1.165) is 44.9 Å². The van der Waals surface area contributed by atoms with E-state index in [2.05, 4.69) is 18.8 Å². The first-order valence-corrected chi connectivity index (χ1v) is 9.99. The highest BCUT2D eigenvalue weighted by Crippen LogP contribution is 2.09. The summed E-state index contributed by atoms with van der Waals surface area (Å²) in [5.74, 6) is 5.49. The molecule has 0 aliphatic carbocycles. The lowest BCUT2D eigenvalue weighted by Gasteiger charge is -2.14. The third-order valence-corrected chi connectivity index (χ3v) is 4.27. The molecule has 144 valence electrons. The van der Waals surface area contributed by atoms with E-state index in [4.69, 9.17) is 5.11 Å². The Morgan fingerprint density at radius 2 is 1.28 bits per heavy atom. The fraction of sp³-hybridized carbons (Fsp3) is 0.810. The molecular weight excluding hydrogens is 314 g/mol. The van der Waals surface area contributed by atoms with Gasteiger partial charge < -0.3 is 10.0 Å². The summed E-state index contributed by atoms with van der Waals surface area (Å²) in [7, 11) is 1.54. The minimum Gasteiger partial charge on any atom is -0.480 e. The molecule has 1 amide bonds. The number of rotatable bonds is 15. The normalized spacial score (nSPS) is 10.2. The number of unbranched alkanes of at least 4 members (excludes halogenated alkanes) is 11. The van der Waals surface area contributed by atoms with E-state index < -0.39 is 5.97 Å². The van der Waals surface area contributed by atoms with Crippen LogP contribution in [0.1, 0.15) is 96.8 Å². The van der Waals surface area contributed by atoms with E-state index in [1.165, 1.54) is 43.4 Å². The highest BCUT2D eigenvalue weighted by atomic mass is 16.4. The van der Waals surface area contributed by atoms with Gasteiger partial charge in [0.05, 0.1) is 0 Å². The average Bonchev–Trinajstić information content (AvgIpc) is 2.57. The number of amides is 1. The molecule has 0 bridgehead atoms. The van der Waals surface area contributed by atoms with Crippen LogP contribution in [0.2, 0.25) is 0 Å². The molecule has 0 atom stereocenters. The van der Waals surface area contributed by atoms with Crippen molar-refractivity contribution < 1.29 is 14.7 Å². The highest BCUT2D eigenvalue weighted by Gasteiger charge is 2.10. The number of nitrogens with zero attached hydrogens (tertiary/aromatic N) is 1. The van der Waals surface area contributed by atoms with E-state index >= 15 is 0 Å². The molecule has 0 fully saturated rings. The maximum absolute atomic E-state index is 11.7. The van der Waals surface area contributed by atoms with E-state index in [1.807, 2.05) is 0 Å². The van der Waals surface area contributed by atoms with Crippen molar-refractivity contribution in [3.63, 3.8) is 0 Å². The molecule has 0 aromatic rings. The summed E-state index contributed by atoms with van der Waals surface area (Å²) in [6.45, 7) is 2.03. The van der Waals surface area contributed by atoms with Gasteiger partial charge in [-0.05, 0) is 19.3 Å². The molecule has 25 heavy (non-hydrogen) atoms. The number of carboxylic acids is 1. The lowest BCUT2D eigenvalue weighted by molar-refractivity contribution is -0.143. The molecule has 4 heteroatoms. The Morgan fingerprint density at radius 3 is 1.80 bits per heavy atom. The lowest BCUT2D eigenvalue weighted by atomic mass is 10.1. The number of hydrogen-bond donors (Lipinski definition) is 1. The smallest absolute Gasteiger partial charge is 0.323 e. The van der Waals surface area contributed by atoms with Gasteiger partial charge in [0, 0.05) is 26.3 Å². The largest absolute Gasteiger partial charge is 0.480 e. The van der Waals surface area contributed by atoms with Gasteiger partial charge in [0.1, 0.15) is 6.54 Å². The molecular formula is C21H37NO3. The summed E-state index contributed by atoms with van der Waals surface area (Å²) in [6.07, 6.45) is 15.7. The summed E-state index contributed by atoms with van der Waals surface area (Å²) in [4.78, 5) is 23.5. The minimum absolute atomic E-state index is 0.0806. The van der Waals surface area contributed by atoms with Gasteiger partial charge in [0.25, 0.3) is 0 Å². The van der Waals surface area contributed by atoms with E-state index in [9.17, 15) is 9.59 Å². The summed E-state index contributed by atoms with van der Waals surface area (Å²) in [5, 5.41) is 8.63. The molecule has 0 aliphatic rings. The van der Waals surface area contributed by atoms with Gasteiger partial charge in [-0.3, -0.25) is 9.59 Å². The van der Waals surface area contributed by atoms with Crippen LogP contribution in [0.4, 0.5) is 0 Å². The second kappa shape index (κ2) is 17.3. The Bertz CT molecular complexity index is 409. The van der Waals surface area contributed by atoms with Crippen LogP contribution in [0.3, 0.4) is 0 Å². The third kappa shape index (κ3) is 17.1. The number of aliphatic carboxylic acids is 1. The number of hydrogen-bond acceptors (Lipinski definition) is 2. The molecule has 0 aromatic heterocycles. The van der Waals surface area contributed by atoms with Crippen LogP contribution < -0.4 is 0 Å². The molecule has 0 aliphatic heterocycles. The van der Waals surface area contributed by atoms with Gasteiger partial charge in [0.15, 0.2) is 0 Å². The topological polar surface area (TPSA) is 57.6 Å². The monoisotopic (exact) mass is 351 g/mol. The van der Waals surface area contributed by atoms with Gasteiger partial charge in [-0.2, -0.15) is 0 Å². The number of carboxylic acid groups (broad SMARTS) is 1. The van der Waals surface area contributed by atoms with Crippen molar-refractivity contribution in [1.82, 2.24) is 4.90 Å². The van der Waals surface area contributed by atoms with Gasteiger partial charge in [-0.25, -0.2) is 0 Å². The van der Waals surface area contributed by atoms with Crippen molar-refractivity contribution in [3.05, 3.63) is 0 Å². The van der Waals surface area contributed by atoms with Crippen molar-refractivity contribution in [2.75, 3.05) is 13.6 Å². The fourth-order valence-electron chi connectivity index (χ4n) is 2.67. The molecule has 0 aromatic carbocycles. The van der Waals surface area contributed by atoms with Crippen molar-refractivity contribution in [1.29, 1.82) is 0 Å². The van der Waals surface area contributed by atoms with Crippen molar-refractivity contribution in [3.8, 4) is 11.8 Å². The van der Waals surface area contributed by atoms with Crippen LogP contribution in [-0.4, -0.2) is 35.5 Å². The minimum atomic E-state index is -0.964. The predicted octanol–water partition coefficient (Wildman–Crippen LogP) is 5.01. The van der Waals surface area contributed by atoms with Gasteiger partial charge in [-0.15, -0.1) is 11.8 Å². The Morgan fingerprint density at radius 1 is 0.800 bits per heavy atom. The maximum atomic E-state index is 11.7. The van der Waals surface area contributed by atoms with Crippen LogP contribution in [0, 0.1) is 11.8 Å². The molecule has 0 radical (unpaired) electrons. The fourth-order valence-corrected chi connectivity index (χ4v) is 2.67. The van der Waals surface area contributed by atoms with E-state index in [0.29, 0.717) is 6.42 Å². The zero-order chi connectivity index (χ0) is 18.8. The SMILES string of the molecule is CCCCCCCCC#CCCCCCCCC(=O)N(C)CC(=O)O. The molecule has 0 unspecified atom stereocenters. The predicted molar refractivity (Wildman–Crippen MR) is 103 cm³/mol. The van der Waals surface area contributed by atoms with Crippen molar-refractivity contribution in [2.24, 2.45) is 0 Å². The molecule has 0 heterocycles. The summed E-state index contributed by atoms with van der Waals surface area (Å²) < 4.78 is 0. The Kier molecular flexibility index (Phi) is 16.3. The number of likely N-dealkylation sites (N-methyl/N-ethyl adjacent to an activating group) is 1. The van der Waals surface area contributed by atoms with E-state index in [-0.39, 0.29) is 12.5 Å². The lowest BCUT2D eigenvalue weighted by Crippen LogP contribution is -2.31. The number of carbonyl (C=O) groups is 2. The first kappa shape index (κ1) is 23.5. The van der Waals surface area contributed by atoms with Crippen LogP contribution in [0.5, 0.6) is 0 Å². The second-order valence-corrected chi connectivity index (χ2v) is 6.78. The van der Waals surface area contributed by atoms with Crippen LogP contribution in [0.15, 0.2) is 0 Å². The van der Waals surface area contributed by atoms with Gasteiger partial charge >= 0.3 is 5.97 Å². The standard InChI is InChI=1S/C21H37NO3/c1-3-4-5-6-7-8-9-10-11-12-13-14-15-16-17-18-20(23)22(2)19-21(24)25/h3-9,12-19H2,1-2H3,(H,24,25). The Labute approximate surface area is 154 Å². The zero-order valence-corrected chi connectivity index (χ0v) is 16.3. The van der Waals surface area contributed by atoms with Crippen molar-refractivity contribution >= 4 is 11.9 Å². The third-order valence-electron chi connectivity index (χ3n) is 4.27. The first-order chi connectivity index (χ1) is 12.1. The number of carbonyl (C=O) groups excluding carboxylic acids is 1. The molecule has 0 rings (SSSR count).